The summed E-state index contributed by atoms with van der Waals surface area (Å²) in [6.45, 7) is 2.71. The molecule has 0 aliphatic heterocycles. The normalized spacial score (nSPS) is 10.8. The first kappa shape index (κ1) is 17.5. The highest BCUT2D eigenvalue weighted by Gasteiger charge is 2.09. The first-order valence-electron chi connectivity index (χ1n) is 7.49. The van der Waals surface area contributed by atoms with Crippen LogP contribution in [0.4, 0.5) is 5.69 Å². The van der Waals surface area contributed by atoms with Crippen LogP contribution in [0.15, 0.2) is 18.3 Å². The van der Waals surface area contributed by atoms with Crippen LogP contribution < -0.4 is 11.1 Å². The minimum absolute atomic E-state index is 0.331. The van der Waals surface area contributed by atoms with E-state index in [1.807, 2.05) is 12.1 Å². The molecule has 1 aromatic heterocycles. The lowest BCUT2D eigenvalue weighted by Crippen LogP contribution is -2.11. The number of benzene rings is 1. The molecule has 0 saturated carbocycles. The van der Waals surface area contributed by atoms with E-state index in [2.05, 4.69) is 15.5 Å². The van der Waals surface area contributed by atoms with Crippen LogP contribution in [0.3, 0.4) is 0 Å². The first-order chi connectivity index (χ1) is 11.3. The van der Waals surface area contributed by atoms with Gasteiger partial charge in [0.25, 0.3) is 0 Å². The molecule has 8 heteroatoms. The molecule has 0 saturated heterocycles. The Labute approximate surface area is 139 Å². The molecule has 0 aliphatic rings. The fourth-order valence-electron chi connectivity index (χ4n) is 2.16. The van der Waals surface area contributed by atoms with Crippen molar-refractivity contribution >= 4 is 38.9 Å². The van der Waals surface area contributed by atoms with Crippen molar-refractivity contribution < 1.29 is 4.74 Å². The van der Waals surface area contributed by atoms with Crippen LogP contribution >= 0.6 is 11.8 Å². The van der Waals surface area contributed by atoms with Crippen LogP contribution in [-0.2, 0) is 4.74 Å². The van der Waals surface area contributed by atoms with Gasteiger partial charge in [-0.15, -0.1) is 0 Å². The summed E-state index contributed by atoms with van der Waals surface area (Å²) < 4.78 is 5.55. The van der Waals surface area contributed by atoms with Crippen LogP contribution in [0.1, 0.15) is 18.4 Å². The zero-order valence-corrected chi connectivity index (χ0v) is 13.7. The van der Waals surface area contributed by atoms with Gasteiger partial charge in [0.1, 0.15) is 5.04 Å². The number of hydrogen-bond donors (Lipinski definition) is 5. The van der Waals surface area contributed by atoms with Gasteiger partial charge in [-0.25, -0.2) is 0 Å². The summed E-state index contributed by atoms with van der Waals surface area (Å²) in [6, 6.07) is 3.78. The van der Waals surface area contributed by atoms with Crippen molar-refractivity contribution in [3.8, 4) is 0 Å². The smallest absolute Gasteiger partial charge is 0.100 e. The molecule has 124 valence electrons. The van der Waals surface area contributed by atoms with Crippen LogP contribution in [0.25, 0.3) is 10.9 Å². The molecule has 2 aromatic rings. The number of nitrogens with zero attached hydrogens (tertiary/aromatic N) is 1. The number of nitrogens with two attached hydrogens (primary N) is 1. The maximum atomic E-state index is 7.98. The third-order valence-corrected chi connectivity index (χ3v) is 3.89. The number of aromatic nitrogens is 2. The zero-order valence-electron chi connectivity index (χ0n) is 12.9. The van der Waals surface area contributed by atoms with E-state index < -0.39 is 0 Å². The van der Waals surface area contributed by atoms with Crippen LogP contribution in [0.2, 0.25) is 0 Å². The van der Waals surface area contributed by atoms with E-state index in [1.54, 1.807) is 6.20 Å². The number of hydrogen-bond acceptors (Lipinski definition) is 7. The monoisotopic (exact) mass is 334 g/mol. The maximum absolute atomic E-state index is 7.98. The van der Waals surface area contributed by atoms with E-state index in [-0.39, 0.29) is 0 Å². The summed E-state index contributed by atoms with van der Waals surface area (Å²) in [6.07, 6.45) is 3.73. The Morgan fingerprint density at radius 3 is 3.04 bits per heavy atom. The zero-order chi connectivity index (χ0) is 16.5. The lowest BCUT2D eigenvalue weighted by Gasteiger charge is -2.10. The Bertz CT molecular complexity index is 656. The molecule has 2 rings (SSSR count). The van der Waals surface area contributed by atoms with E-state index in [4.69, 9.17) is 21.3 Å². The van der Waals surface area contributed by atoms with Crippen LogP contribution in [0.5, 0.6) is 0 Å². The molecule has 0 aliphatic carbocycles. The predicted molar refractivity (Wildman–Crippen MR) is 96.9 cm³/mol. The summed E-state index contributed by atoms with van der Waals surface area (Å²) in [7, 11) is 0. The lowest BCUT2D eigenvalue weighted by atomic mass is 10.1. The molecule has 0 atom stereocenters. The number of rotatable bonds is 10. The van der Waals surface area contributed by atoms with E-state index >= 15 is 0 Å². The topological polar surface area (TPSA) is 124 Å². The molecular weight excluding hydrogens is 312 g/mol. The molecule has 0 unspecified atom stereocenters. The van der Waals surface area contributed by atoms with Gasteiger partial charge < -0.3 is 21.2 Å². The van der Waals surface area contributed by atoms with Crippen molar-refractivity contribution in [3.63, 3.8) is 0 Å². The summed E-state index contributed by atoms with van der Waals surface area (Å²) in [5.74, 6) is 0. The highest BCUT2D eigenvalue weighted by Crippen LogP contribution is 2.25. The second-order valence-corrected chi connectivity index (χ2v) is 5.83. The molecule has 7 nitrogen and oxygen atoms in total. The molecule has 1 aromatic carbocycles. The van der Waals surface area contributed by atoms with E-state index in [0.717, 1.165) is 58.9 Å². The number of unbranched alkanes of at least 4 members (excludes halogenated alkanes) is 1. The van der Waals surface area contributed by atoms with Crippen LogP contribution in [-0.4, -0.2) is 47.1 Å². The van der Waals surface area contributed by atoms with Crippen molar-refractivity contribution in [2.75, 3.05) is 31.6 Å². The Hall–Kier alpha value is -1.90. The number of aromatic amines is 1. The van der Waals surface area contributed by atoms with Gasteiger partial charge in [0.05, 0.1) is 23.9 Å². The molecule has 0 amide bonds. The van der Waals surface area contributed by atoms with Crippen molar-refractivity contribution in [2.24, 2.45) is 5.73 Å². The van der Waals surface area contributed by atoms with Crippen molar-refractivity contribution in [2.45, 2.75) is 12.8 Å². The molecule has 6 N–H and O–H groups in total. The minimum atomic E-state index is 0.331. The van der Waals surface area contributed by atoms with Gasteiger partial charge in [0, 0.05) is 29.8 Å². The number of H-pyrrole nitrogens is 1. The van der Waals surface area contributed by atoms with Gasteiger partial charge in [-0.1, -0.05) is 11.8 Å². The van der Waals surface area contributed by atoms with Gasteiger partial charge in [0.15, 0.2) is 0 Å². The molecule has 23 heavy (non-hydrogen) atoms. The Balaban J connectivity index is 1.97. The highest BCUT2D eigenvalue weighted by molar-refractivity contribution is 8.25. The van der Waals surface area contributed by atoms with Gasteiger partial charge in [-0.2, -0.15) is 5.10 Å². The number of fused-ring (bicyclic) bond motifs is 1. The quantitative estimate of drug-likeness (QED) is 0.259. The second kappa shape index (κ2) is 9.29. The number of nitrogens with one attached hydrogen (secondary N) is 4. The summed E-state index contributed by atoms with van der Waals surface area (Å²) >= 11 is 1.07. The minimum Gasteiger partial charge on any atom is -0.382 e. The molecule has 0 bridgehead atoms. The molecule has 0 fully saturated rings. The van der Waals surface area contributed by atoms with E-state index in [0.29, 0.717) is 24.7 Å². The fourth-order valence-corrected chi connectivity index (χ4v) is 2.54. The summed E-state index contributed by atoms with van der Waals surface area (Å²) in [5, 5.41) is 26.7. The van der Waals surface area contributed by atoms with Gasteiger partial charge in [0.2, 0.25) is 0 Å². The van der Waals surface area contributed by atoms with Crippen molar-refractivity contribution in [1.82, 2.24) is 10.2 Å². The first-order valence-corrected chi connectivity index (χ1v) is 8.37. The maximum Gasteiger partial charge on any atom is 0.100 e. The average molecular weight is 334 g/mol. The Morgan fingerprint density at radius 2 is 2.26 bits per heavy atom. The molecular formula is C15H22N6OS. The van der Waals surface area contributed by atoms with Gasteiger partial charge >= 0.3 is 0 Å². The third-order valence-electron chi connectivity index (χ3n) is 3.30. The molecule has 0 spiro atoms. The van der Waals surface area contributed by atoms with Gasteiger partial charge in [-0.05, 0) is 31.5 Å². The number of anilines is 1. The average Bonchev–Trinajstić information content (AvgIpc) is 3.02. The number of ether oxygens (including phenoxy) is 1. The molecule has 0 radical (unpaired) electrons. The largest absolute Gasteiger partial charge is 0.382 e. The van der Waals surface area contributed by atoms with Crippen molar-refractivity contribution in [1.29, 1.82) is 10.8 Å². The highest BCUT2D eigenvalue weighted by atomic mass is 32.2. The lowest BCUT2D eigenvalue weighted by molar-refractivity contribution is 0.140. The van der Waals surface area contributed by atoms with Gasteiger partial charge in [-0.3, -0.25) is 10.5 Å². The standard InChI is InChI=1S/C15H22N6OS/c16-3-1-2-5-22-6-4-19-13-7-11(15(18)23-10-17)8-14-12(13)9-20-21-14/h7-10,17-19H,1-6,16H2,(H,20,21). The van der Waals surface area contributed by atoms with E-state index in [1.165, 1.54) is 0 Å². The van der Waals surface area contributed by atoms with E-state index in [9.17, 15) is 0 Å². The second-order valence-electron chi connectivity index (χ2n) is 4.95. The Kier molecular flexibility index (Phi) is 7.05. The fraction of sp³-hybridized carbons (Fsp3) is 0.400. The predicted octanol–water partition coefficient (Wildman–Crippen LogP) is 2.40. The SMILES string of the molecule is N=CSC(=N)c1cc(NCCOCCCCN)c2cn[nH]c2c1. The summed E-state index contributed by atoms with van der Waals surface area (Å²) in [5.41, 5.74) is 9.12. The third kappa shape index (κ3) is 5.05. The van der Waals surface area contributed by atoms with Crippen LogP contribution in [0, 0.1) is 10.8 Å². The summed E-state index contributed by atoms with van der Waals surface area (Å²) in [4.78, 5) is 0. The number of thioether (sulfide) groups is 1. The Morgan fingerprint density at radius 1 is 1.39 bits per heavy atom. The van der Waals surface area contributed by atoms with Crippen molar-refractivity contribution in [3.05, 3.63) is 23.9 Å². The molecule has 1 heterocycles.